The molecule has 3 heteroatoms. The number of carbonyl (C=O) groups is 2. The summed E-state index contributed by atoms with van der Waals surface area (Å²) >= 11 is 0. The van der Waals surface area contributed by atoms with Crippen molar-refractivity contribution in [1.82, 2.24) is 0 Å². The molecule has 22 heavy (non-hydrogen) atoms. The third-order valence-corrected chi connectivity index (χ3v) is 7.63. The maximum atomic E-state index is 14.2. The monoisotopic (exact) mass is 304 g/mol. The number of ketones is 2. The highest BCUT2D eigenvalue weighted by atomic mass is 19.1. The van der Waals surface area contributed by atoms with Gasteiger partial charge in [-0.25, -0.2) is 0 Å². The fourth-order valence-corrected chi connectivity index (χ4v) is 6.38. The first-order valence-corrected chi connectivity index (χ1v) is 8.84. The van der Waals surface area contributed by atoms with Crippen molar-refractivity contribution in [2.24, 2.45) is 28.6 Å². The van der Waals surface area contributed by atoms with Crippen LogP contribution in [0, 0.1) is 28.6 Å². The summed E-state index contributed by atoms with van der Waals surface area (Å²) in [5.41, 5.74) is 0.550. The molecular formula is C19H25FO2. The first-order valence-electron chi connectivity index (χ1n) is 8.84. The summed E-state index contributed by atoms with van der Waals surface area (Å²) in [4.78, 5) is 24.1. The molecule has 5 atom stereocenters. The normalized spacial score (nSPS) is 47.5. The lowest BCUT2D eigenvalue weighted by atomic mass is 9.47. The van der Waals surface area contributed by atoms with Gasteiger partial charge in [0.2, 0.25) is 0 Å². The number of allylic oxidation sites excluding steroid dienone is 1. The van der Waals surface area contributed by atoms with Crippen molar-refractivity contribution in [2.75, 3.05) is 6.67 Å². The first-order chi connectivity index (χ1) is 10.5. The third kappa shape index (κ3) is 1.71. The highest BCUT2D eigenvalue weighted by molar-refractivity contribution is 5.91. The van der Waals surface area contributed by atoms with Crippen molar-refractivity contribution in [2.45, 2.75) is 58.3 Å². The van der Waals surface area contributed by atoms with Crippen LogP contribution in [0.15, 0.2) is 11.6 Å². The largest absolute Gasteiger partial charge is 0.299 e. The van der Waals surface area contributed by atoms with Gasteiger partial charge in [0.15, 0.2) is 5.78 Å². The molecule has 120 valence electrons. The van der Waals surface area contributed by atoms with Gasteiger partial charge in [-0.1, -0.05) is 12.5 Å². The average Bonchev–Trinajstić information content (AvgIpc) is 2.82. The number of hydrogen-bond acceptors (Lipinski definition) is 2. The van der Waals surface area contributed by atoms with Crippen LogP contribution in [0.25, 0.3) is 0 Å². The molecule has 0 aromatic carbocycles. The second-order valence-corrected chi connectivity index (χ2v) is 8.26. The van der Waals surface area contributed by atoms with E-state index in [1.807, 2.05) is 0 Å². The second kappa shape index (κ2) is 4.75. The number of carbonyl (C=O) groups excluding carboxylic acids is 2. The van der Waals surface area contributed by atoms with Crippen molar-refractivity contribution in [3.63, 3.8) is 0 Å². The molecule has 4 aliphatic carbocycles. The van der Waals surface area contributed by atoms with Crippen LogP contribution in [-0.2, 0) is 9.59 Å². The van der Waals surface area contributed by atoms with Crippen LogP contribution in [-0.4, -0.2) is 18.2 Å². The highest BCUT2D eigenvalue weighted by Crippen LogP contribution is 2.64. The van der Waals surface area contributed by atoms with E-state index in [0.717, 1.165) is 37.7 Å². The van der Waals surface area contributed by atoms with Gasteiger partial charge < -0.3 is 0 Å². The molecule has 0 bridgehead atoms. The summed E-state index contributed by atoms with van der Waals surface area (Å²) in [6.07, 6.45) is 8.43. The predicted molar refractivity (Wildman–Crippen MR) is 82.0 cm³/mol. The van der Waals surface area contributed by atoms with Crippen LogP contribution >= 0.6 is 0 Å². The van der Waals surface area contributed by atoms with Gasteiger partial charge in [-0.05, 0) is 62.4 Å². The van der Waals surface area contributed by atoms with Gasteiger partial charge in [0, 0.05) is 23.7 Å². The van der Waals surface area contributed by atoms with Crippen molar-refractivity contribution >= 4 is 11.6 Å². The summed E-state index contributed by atoms with van der Waals surface area (Å²) < 4.78 is 14.2. The van der Waals surface area contributed by atoms with Gasteiger partial charge in [-0.2, -0.15) is 0 Å². The van der Waals surface area contributed by atoms with Crippen LogP contribution in [0.3, 0.4) is 0 Å². The lowest BCUT2D eigenvalue weighted by molar-refractivity contribution is -0.133. The number of hydrogen-bond donors (Lipinski definition) is 0. The van der Waals surface area contributed by atoms with Crippen LogP contribution < -0.4 is 0 Å². The van der Waals surface area contributed by atoms with Crippen molar-refractivity contribution in [1.29, 1.82) is 0 Å². The molecule has 0 N–H and O–H groups in total. The number of Topliss-reactive ketones (excluding diaryl/α,β-unsaturated/α-hetero) is 1. The van der Waals surface area contributed by atoms with Gasteiger partial charge in [-0.3, -0.25) is 14.0 Å². The van der Waals surface area contributed by atoms with E-state index < -0.39 is 0 Å². The lowest BCUT2D eigenvalue weighted by Crippen LogP contribution is -2.52. The molecule has 0 radical (unpaired) electrons. The number of alkyl halides is 1. The van der Waals surface area contributed by atoms with Crippen LogP contribution in [0.1, 0.15) is 58.3 Å². The molecule has 2 nitrogen and oxygen atoms in total. The predicted octanol–water partition coefficient (Wildman–Crippen LogP) is 4.04. The van der Waals surface area contributed by atoms with E-state index in [4.69, 9.17) is 0 Å². The summed E-state index contributed by atoms with van der Waals surface area (Å²) in [6.45, 7) is 1.83. The Balaban J connectivity index is 1.73. The zero-order valence-electron chi connectivity index (χ0n) is 13.4. The van der Waals surface area contributed by atoms with E-state index in [-0.39, 0.29) is 23.3 Å². The van der Waals surface area contributed by atoms with Crippen LogP contribution in [0.4, 0.5) is 4.39 Å². The summed E-state index contributed by atoms with van der Waals surface area (Å²) in [5.74, 6) is 1.88. The molecule has 0 amide bonds. The molecule has 0 aromatic heterocycles. The van der Waals surface area contributed by atoms with E-state index in [0.29, 0.717) is 42.8 Å². The molecule has 0 unspecified atom stereocenters. The maximum Gasteiger partial charge on any atom is 0.155 e. The average molecular weight is 304 g/mol. The van der Waals surface area contributed by atoms with E-state index >= 15 is 0 Å². The Hall–Kier alpha value is -0.990. The van der Waals surface area contributed by atoms with E-state index in [2.05, 4.69) is 6.92 Å². The lowest BCUT2D eigenvalue weighted by Gasteiger charge is -2.57. The molecule has 0 heterocycles. The van der Waals surface area contributed by atoms with Gasteiger partial charge in [0.1, 0.15) is 5.78 Å². The van der Waals surface area contributed by atoms with E-state index in [1.165, 1.54) is 0 Å². The molecule has 0 spiro atoms. The zero-order chi connectivity index (χ0) is 15.5. The molecule has 0 aromatic rings. The Labute approximate surface area is 131 Å². The topological polar surface area (TPSA) is 34.1 Å². The smallest absolute Gasteiger partial charge is 0.155 e. The molecule has 4 aliphatic rings. The molecule has 3 saturated carbocycles. The highest BCUT2D eigenvalue weighted by Gasteiger charge is 2.60. The summed E-state index contributed by atoms with van der Waals surface area (Å²) in [6, 6.07) is 0. The Morgan fingerprint density at radius 1 is 1.09 bits per heavy atom. The number of fused-ring (bicyclic) bond motifs is 5. The summed E-state index contributed by atoms with van der Waals surface area (Å²) in [7, 11) is 0. The first kappa shape index (κ1) is 14.6. The minimum atomic E-state index is -0.385. The van der Waals surface area contributed by atoms with Crippen LogP contribution in [0.5, 0.6) is 0 Å². The minimum Gasteiger partial charge on any atom is -0.299 e. The third-order valence-electron chi connectivity index (χ3n) is 7.63. The van der Waals surface area contributed by atoms with Crippen molar-refractivity contribution < 1.29 is 14.0 Å². The maximum absolute atomic E-state index is 14.2. The fourth-order valence-electron chi connectivity index (χ4n) is 6.38. The fraction of sp³-hybridized carbons (Fsp3) is 0.789. The molecule has 4 rings (SSSR count). The molecule has 0 saturated heterocycles. The number of halogens is 1. The van der Waals surface area contributed by atoms with Crippen molar-refractivity contribution in [3.8, 4) is 0 Å². The molecule has 0 aliphatic heterocycles. The van der Waals surface area contributed by atoms with E-state index in [1.54, 1.807) is 6.08 Å². The van der Waals surface area contributed by atoms with Crippen molar-refractivity contribution in [3.05, 3.63) is 11.6 Å². The molecular weight excluding hydrogens is 279 g/mol. The Kier molecular flexibility index (Phi) is 3.15. The Morgan fingerprint density at radius 3 is 2.68 bits per heavy atom. The van der Waals surface area contributed by atoms with Gasteiger partial charge in [0.05, 0.1) is 6.67 Å². The standard InChI is InChI=1S/C19H25FO2/c1-18-8-7-16-14(15(18)4-5-17(18)22)3-2-12-10-13(21)6-9-19(12,16)11-20/h10,14-16H,2-9,11H2,1H3/t14-,15-,16-,18-,19+/m0/s1. The second-order valence-electron chi connectivity index (χ2n) is 8.26. The van der Waals surface area contributed by atoms with Gasteiger partial charge in [0.25, 0.3) is 0 Å². The molecule has 3 fully saturated rings. The zero-order valence-corrected chi connectivity index (χ0v) is 13.4. The van der Waals surface area contributed by atoms with Gasteiger partial charge in [-0.15, -0.1) is 0 Å². The number of rotatable bonds is 1. The summed E-state index contributed by atoms with van der Waals surface area (Å²) in [5, 5.41) is 0. The quantitative estimate of drug-likeness (QED) is 0.733. The SMILES string of the molecule is C[C@]12CC[C@H]3[C@@H](CCC4=CC(=O)CC[C@@]43CF)[C@@H]1CCC2=O. The van der Waals surface area contributed by atoms with E-state index in [9.17, 15) is 14.0 Å². The minimum absolute atomic E-state index is 0.148. The van der Waals surface area contributed by atoms with Gasteiger partial charge >= 0.3 is 0 Å². The Bertz CT molecular complexity index is 566. The van der Waals surface area contributed by atoms with Crippen LogP contribution in [0.2, 0.25) is 0 Å². The Morgan fingerprint density at radius 2 is 1.91 bits per heavy atom.